The summed E-state index contributed by atoms with van der Waals surface area (Å²) in [6.07, 6.45) is 5.85. The van der Waals surface area contributed by atoms with E-state index in [2.05, 4.69) is 30.7 Å². The summed E-state index contributed by atoms with van der Waals surface area (Å²) >= 11 is 6.06. The van der Waals surface area contributed by atoms with Gasteiger partial charge in [0.2, 0.25) is 0 Å². The van der Waals surface area contributed by atoms with Gasteiger partial charge >= 0.3 is 0 Å². The topological polar surface area (TPSA) is 33.7 Å². The van der Waals surface area contributed by atoms with Crippen LogP contribution in [-0.4, -0.2) is 17.7 Å². The van der Waals surface area contributed by atoms with Gasteiger partial charge in [-0.2, -0.15) is 0 Å². The fraction of sp³-hybridized carbons (Fsp3) is 0.304. The van der Waals surface area contributed by atoms with E-state index in [-0.39, 0.29) is 6.10 Å². The van der Waals surface area contributed by atoms with Crippen LogP contribution < -0.4 is 5.59 Å². The van der Waals surface area contributed by atoms with Crippen molar-refractivity contribution in [3.8, 4) is 0 Å². The minimum Gasteiger partial charge on any atom is -0.389 e. The average molecular weight is 399 g/mol. The van der Waals surface area contributed by atoms with Gasteiger partial charge in [0.1, 0.15) is 6.10 Å². The Hall–Kier alpha value is -2.27. The number of rotatable bonds is 9. The first-order chi connectivity index (χ1) is 13.7. The van der Waals surface area contributed by atoms with Gasteiger partial charge in [-0.1, -0.05) is 79.1 Å². The van der Waals surface area contributed by atoms with Crippen LogP contribution in [-0.2, 0) is 16.1 Å². The van der Waals surface area contributed by atoms with Crippen LogP contribution in [0, 0.1) is 0 Å². The van der Waals surface area contributed by atoms with Crippen LogP contribution in [0.4, 0.5) is 0 Å². The number of ether oxygens (including phenoxy) is 1. The standard InChI is InChI=1S/C23H27ClN2O2/c1-3-5-15-27-23(21(4-2)19-11-13-20(24)14-12-19)22-17-26(25-28-22)16-18-9-7-6-8-10-18/h4,6-14,17,23,25H,3,5,15-16H2,1-2H3. The Bertz CT molecular complexity index is 803. The summed E-state index contributed by atoms with van der Waals surface area (Å²) in [5.41, 5.74) is 6.30. The molecular formula is C23H27ClN2O2. The van der Waals surface area contributed by atoms with Crippen molar-refractivity contribution in [3.63, 3.8) is 0 Å². The number of nitrogens with one attached hydrogen (secondary N) is 1. The highest BCUT2D eigenvalue weighted by atomic mass is 35.5. The van der Waals surface area contributed by atoms with E-state index in [9.17, 15) is 0 Å². The third-order valence-electron chi connectivity index (χ3n) is 4.57. The van der Waals surface area contributed by atoms with Gasteiger partial charge in [0.05, 0.1) is 12.7 Å². The Morgan fingerprint density at radius 3 is 2.61 bits per heavy atom. The second-order valence-electron chi connectivity index (χ2n) is 6.69. The zero-order valence-corrected chi connectivity index (χ0v) is 17.2. The lowest BCUT2D eigenvalue weighted by Gasteiger charge is -2.21. The third-order valence-corrected chi connectivity index (χ3v) is 4.82. The molecule has 5 heteroatoms. The van der Waals surface area contributed by atoms with E-state index in [1.165, 1.54) is 5.56 Å². The molecule has 3 rings (SSSR count). The SMILES string of the molecule is CC=C(c1ccc(Cl)cc1)C(OCCCC)C1=CN(Cc2ccccc2)NO1. The smallest absolute Gasteiger partial charge is 0.177 e. The van der Waals surface area contributed by atoms with Crippen LogP contribution in [0.3, 0.4) is 0 Å². The maximum Gasteiger partial charge on any atom is 0.177 e. The van der Waals surface area contributed by atoms with Crippen molar-refractivity contribution in [2.24, 2.45) is 0 Å². The van der Waals surface area contributed by atoms with E-state index in [0.29, 0.717) is 13.2 Å². The minimum atomic E-state index is -0.286. The molecule has 0 aromatic heterocycles. The molecule has 4 nitrogen and oxygen atoms in total. The normalized spacial score (nSPS) is 15.3. The number of hydrazine groups is 1. The highest BCUT2D eigenvalue weighted by Gasteiger charge is 2.27. The first-order valence-electron chi connectivity index (χ1n) is 9.69. The molecule has 0 radical (unpaired) electrons. The highest BCUT2D eigenvalue weighted by molar-refractivity contribution is 6.30. The number of halogens is 1. The molecule has 1 unspecified atom stereocenters. The highest BCUT2D eigenvalue weighted by Crippen LogP contribution is 2.29. The van der Waals surface area contributed by atoms with Crippen molar-refractivity contribution in [2.45, 2.75) is 39.3 Å². The van der Waals surface area contributed by atoms with Gasteiger partial charge in [0.15, 0.2) is 5.76 Å². The summed E-state index contributed by atoms with van der Waals surface area (Å²) < 4.78 is 6.24. The zero-order valence-electron chi connectivity index (χ0n) is 16.4. The molecule has 0 saturated carbocycles. The molecule has 1 aliphatic heterocycles. The number of unbranched alkanes of at least 4 members (excludes halogenated alkanes) is 1. The Balaban J connectivity index is 1.80. The van der Waals surface area contributed by atoms with E-state index < -0.39 is 0 Å². The zero-order chi connectivity index (χ0) is 19.8. The largest absolute Gasteiger partial charge is 0.389 e. The predicted octanol–water partition coefficient (Wildman–Crippen LogP) is 5.72. The summed E-state index contributed by atoms with van der Waals surface area (Å²) in [6.45, 7) is 5.55. The lowest BCUT2D eigenvalue weighted by Crippen LogP contribution is -2.27. The van der Waals surface area contributed by atoms with Crippen LogP contribution in [0.1, 0.15) is 37.8 Å². The molecule has 1 N–H and O–H groups in total. The van der Waals surface area contributed by atoms with Crippen molar-refractivity contribution >= 4 is 17.2 Å². The van der Waals surface area contributed by atoms with Crippen molar-refractivity contribution in [1.29, 1.82) is 0 Å². The van der Waals surface area contributed by atoms with Crippen LogP contribution in [0.15, 0.2) is 72.6 Å². The molecule has 2 aromatic carbocycles. The van der Waals surface area contributed by atoms with E-state index in [4.69, 9.17) is 21.2 Å². The Labute approximate surface area is 172 Å². The molecule has 148 valence electrons. The van der Waals surface area contributed by atoms with Gasteiger partial charge < -0.3 is 9.57 Å². The molecule has 2 aromatic rings. The van der Waals surface area contributed by atoms with Crippen LogP contribution >= 0.6 is 11.6 Å². The summed E-state index contributed by atoms with van der Waals surface area (Å²) in [5, 5.41) is 2.64. The molecule has 0 bridgehead atoms. The number of nitrogens with zero attached hydrogens (tertiary/aromatic N) is 1. The molecule has 1 atom stereocenters. The number of hydrogen-bond acceptors (Lipinski definition) is 4. The number of hydrogen-bond donors (Lipinski definition) is 1. The molecule has 0 spiro atoms. The molecule has 1 aliphatic rings. The molecule has 28 heavy (non-hydrogen) atoms. The fourth-order valence-corrected chi connectivity index (χ4v) is 3.21. The summed E-state index contributed by atoms with van der Waals surface area (Å²) in [7, 11) is 0. The maximum absolute atomic E-state index is 6.24. The predicted molar refractivity (Wildman–Crippen MR) is 114 cm³/mol. The maximum atomic E-state index is 6.24. The summed E-state index contributed by atoms with van der Waals surface area (Å²) in [5.74, 6) is 0.745. The Morgan fingerprint density at radius 2 is 1.93 bits per heavy atom. The number of allylic oxidation sites excluding steroid dienone is 1. The average Bonchev–Trinajstić information content (AvgIpc) is 3.17. The van der Waals surface area contributed by atoms with Crippen LogP contribution in [0.5, 0.6) is 0 Å². The quantitative estimate of drug-likeness (QED) is 0.547. The first kappa shape index (κ1) is 20.5. The van der Waals surface area contributed by atoms with Crippen molar-refractivity contribution < 1.29 is 9.57 Å². The van der Waals surface area contributed by atoms with Crippen molar-refractivity contribution in [3.05, 3.63) is 88.8 Å². The Kier molecular flexibility index (Phi) is 7.54. The monoisotopic (exact) mass is 398 g/mol. The van der Waals surface area contributed by atoms with E-state index in [1.807, 2.05) is 60.6 Å². The lowest BCUT2D eigenvalue weighted by molar-refractivity contribution is -0.0135. The first-order valence-corrected chi connectivity index (χ1v) is 10.1. The summed E-state index contributed by atoms with van der Waals surface area (Å²) in [4.78, 5) is 5.80. The van der Waals surface area contributed by atoms with Gasteiger partial charge in [-0.25, -0.2) is 0 Å². The van der Waals surface area contributed by atoms with E-state index >= 15 is 0 Å². The molecule has 1 heterocycles. The second kappa shape index (κ2) is 10.3. The van der Waals surface area contributed by atoms with Gasteiger partial charge in [-0.15, -0.1) is 0 Å². The van der Waals surface area contributed by atoms with Crippen molar-refractivity contribution in [1.82, 2.24) is 10.6 Å². The van der Waals surface area contributed by atoms with Gasteiger partial charge in [-0.05, 0) is 42.2 Å². The molecule has 0 aliphatic carbocycles. The Morgan fingerprint density at radius 1 is 1.18 bits per heavy atom. The molecule has 0 fully saturated rings. The fourth-order valence-electron chi connectivity index (χ4n) is 3.08. The molecule has 0 saturated heterocycles. The van der Waals surface area contributed by atoms with Gasteiger partial charge in [0, 0.05) is 11.6 Å². The van der Waals surface area contributed by atoms with Crippen LogP contribution in [0.25, 0.3) is 5.57 Å². The van der Waals surface area contributed by atoms with E-state index in [1.54, 1.807) is 0 Å². The van der Waals surface area contributed by atoms with Gasteiger partial charge in [0.25, 0.3) is 0 Å². The van der Waals surface area contributed by atoms with Crippen molar-refractivity contribution in [2.75, 3.05) is 6.61 Å². The minimum absolute atomic E-state index is 0.286. The second-order valence-corrected chi connectivity index (χ2v) is 7.13. The molecular weight excluding hydrogens is 372 g/mol. The molecule has 0 amide bonds. The van der Waals surface area contributed by atoms with Crippen LogP contribution in [0.2, 0.25) is 5.02 Å². The third kappa shape index (κ3) is 5.38. The number of benzene rings is 2. The van der Waals surface area contributed by atoms with Gasteiger partial charge in [-0.3, -0.25) is 5.01 Å². The summed E-state index contributed by atoms with van der Waals surface area (Å²) in [6, 6.07) is 18.1. The van der Waals surface area contributed by atoms with E-state index in [0.717, 1.165) is 34.8 Å². The lowest BCUT2D eigenvalue weighted by atomic mass is 9.99.